The van der Waals surface area contributed by atoms with Gasteiger partial charge in [-0.25, -0.2) is 0 Å². The standard InChI is InChI=1S/C23H36O6/c1-14(7-6-8-15(2)11-18(25)12-16(3)13-24)9-10-19-17(4)20(26)23(29-5)22(28)21(19)27/h8-9,12,17-19,21,24-27H,6-7,10-11,13H2,1-5H3. The third-order valence-corrected chi connectivity index (χ3v) is 5.44. The van der Waals surface area contributed by atoms with Crippen molar-refractivity contribution < 1.29 is 30.0 Å². The van der Waals surface area contributed by atoms with Crippen molar-refractivity contribution >= 4 is 5.78 Å². The Morgan fingerprint density at radius 1 is 1.17 bits per heavy atom. The molecule has 0 aromatic carbocycles. The van der Waals surface area contributed by atoms with Gasteiger partial charge in [0.15, 0.2) is 0 Å². The fourth-order valence-corrected chi connectivity index (χ4v) is 3.51. The molecule has 0 fully saturated rings. The van der Waals surface area contributed by atoms with E-state index in [0.29, 0.717) is 12.8 Å². The van der Waals surface area contributed by atoms with Gasteiger partial charge in [0, 0.05) is 11.8 Å². The maximum absolute atomic E-state index is 12.1. The molecule has 4 unspecified atom stereocenters. The highest BCUT2D eigenvalue weighted by Crippen LogP contribution is 2.34. The minimum Gasteiger partial charge on any atom is -0.508 e. The van der Waals surface area contributed by atoms with Crippen LogP contribution < -0.4 is 0 Å². The molecule has 0 aliphatic heterocycles. The fraction of sp³-hybridized carbons (Fsp3) is 0.609. The lowest BCUT2D eigenvalue weighted by Gasteiger charge is -2.32. The zero-order valence-corrected chi connectivity index (χ0v) is 18.2. The minimum absolute atomic E-state index is 0.0515. The number of rotatable bonds is 10. The summed E-state index contributed by atoms with van der Waals surface area (Å²) in [6.07, 6.45) is 6.66. The Morgan fingerprint density at radius 3 is 2.41 bits per heavy atom. The van der Waals surface area contributed by atoms with Gasteiger partial charge in [-0.1, -0.05) is 36.3 Å². The van der Waals surface area contributed by atoms with Crippen molar-refractivity contribution in [1.82, 2.24) is 0 Å². The van der Waals surface area contributed by atoms with Crippen molar-refractivity contribution in [3.8, 4) is 0 Å². The topological polar surface area (TPSA) is 107 Å². The first-order valence-corrected chi connectivity index (χ1v) is 10.1. The maximum Gasteiger partial charge on any atom is 0.229 e. The summed E-state index contributed by atoms with van der Waals surface area (Å²) in [4.78, 5) is 12.1. The summed E-state index contributed by atoms with van der Waals surface area (Å²) >= 11 is 0. The van der Waals surface area contributed by atoms with Crippen molar-refractivity contribution in [2.45, 2.75) is 65.6 Å². The number of methoxy groups -OCH3 is 1. The first kappa shape index (κ1) is 25.1. The molecule has 0 saturated carbocycles. The van der Waals surface area contributed by atoms with Gasteiger partial charge in [0.25, 0.3) is 0 Å². The summed E-state index contributed by atoms with van der Waals surface area (Å²) in [5.74, 6) is -1.55. The molecule has 0 aromatic heterocycles. The van der Waals surface area contributed by atoms with Gasteiger partial charge < -0.3 is 25.2 Å². The van der Waals surface area contributed by atoms with Crippen LogP contribution in [0.5, 0.6) is 0 Å². The minimum atomic E-state index is -1.18. The lowest BCUT2D eigenvalue weighted by molar-refractivity contribution is -0.132. The van der Waals surface area contributed by atoms with Crippen molar-refractivity contribution in [2.75, 3.05) is 13.7 Å². The Bertz CT molecular complexity index is 685. The Morgan fingerprint density at radius 2 is 1.83 bits per heavy atom. The zero-order valence-electron chi connectivity index (χ0n) is 18.2. The SMILES string of the molecule is COC1=C(O)C(C)C(CC=C(C)CCC=C(C)CC(O)C=C(C)CO)C(O)C1=O. The molecule has 0 heterocycles. The lowest BCUT2D eigenvalue weighted by Crippen LogP contribution is -2.40. The molecule has 1 aliphatic rings. The predicted octanol–water partition coefficient (Wildman–Crippen LogP) is 3.35. The molecule has 6 heteroatoms. The lowest BCUT2D eigenvalue weighted by atomic mass is 9.77. The molecule has 6 nitrogen and oxygen atoms in total. The number of aliphatic hydroxyl groups excluding tert-OH is 4. The largest absolute Gasteiger partial charge is 0.508 e. The molecule has 4 atom stereocenters. The van der Waals surface area contributed by atoms with E-state index in [9.17, 15) is 20.1 Å². The van der Waals surface area contributed by atoms with Crippen LogP contribution in [0.2, 0.25) is 0 Å². The first-order chi connectivity index (χ1) is 13.6. The zero-order chi connectivity index (χ0) is 22.1. The molecule has 164 valence electrons. The first-order valence-electron chi connectivity index (χ1n) is 10.1. The van der Waals surface area contributed by atoms with E-state index >= 15 is 0 Å². The van der Waals surface area contributed by atoms with E-state index in [1.54, 1.807) is 19.9 Å². The van der Waals surface area contributed by atoms with E-state index in [2.05, 4.69) is 6.08 Å². The number of ketones is 1. The molecule has 0 spiro atoms. The fourth-order valence-electron chi connectivity index (χ4n) is 3.51. The molecule has 0 saturated heterocycles. The molecule has 29 heavy (non-hydrogen) atoms. The third-order valence-electron chi connectivity index (χ3n) is 5.44. The molecule has 0 amide bonds. The highest BCUT2D eigenvalue weighted by atomic mass is 16.5. The third kappa shape index (κ3) is 7.46. The molecule has 4 N–H and O–H groups in total. The van der Waals surface area contributed by atoms with Crippen LogP contribution in [0.4, 0.5) is 0 Å². The van der Waals surface area contributed by atoms with Gasteiger partial charge in [-0.05, 0) is 52.0 Å². The van der Waals surface area contributed by atoms with E-state index < -0.39 is 18.0 Å². The van der Waals surface area contributed by atoms with Crippen LogP contribution in [-0.2, 0) is 9.53 Å². The van der Waals surface area contributed by atoms with E-state index in [1.165, 1.54) is 7.11 Å². The van der Waals surface area contributed by atoms with E-state index in [4.69, 9.17) is 9.84 Å². The van der Waals surface area contributed by atoms with Gasteiger partial charge in [0.05, 0.1) is 19.8 Å². The number of hydrogen-bond donors (Lipinski definition) is 4. The quantitative estimate of drug-likeness (QED) is 0.413. The van der Waals surface area contributed by atoms with Gasteiger partial charge in [-0.2, -0.15) is 0 Å². The maximum atomic E-state index is 12.1. The highest BCUT2D eigenvalue weighted by Gasteiger charge is 2.41. The highest BCUT2D eigenvalue weighted by molar-refractivity contribution is 5.98. The number of carbonyl (C=O) groups is 1. The van der Waals surface area contributed by atoms with Crippen molar-refractivity contribution in [3.63, 3.8) is 0 Å². The second kappa shape index (κ2) is 12.0. The second-order valence-electron chi connectivity index (χ2n) is 8.00. The average molecular weight is 409 g/mol. The van der Waals surface area contributed by atoms with Crippen LogP contribution in [0.25, 0.3) is 0 Å². The number of allylic oxidation sites excluding steroid dienone is 4. The summed E-state index contributed by atoms with van der Waals surface area (Å²) < 4.78 is 4.93. The van der Waals surface area contributed by atoms with Crippen LogP contribution in [0.15, 0.2) is 46.5 Å². The molecular weight excluding hydrogens is 372 g/mol. The molecule has 0 radical (unpaired) electrons. The van der Waals surface area contributed by atoms with Gasteiger partial charge in [-0.15, -0.1) is 0 Å². The number of ether oxygens (including phenoxy) is 1. The van der Waals surface area contributed by atoms with E-state index in [-0.39, 0.29) is 30.0 Å². The number of hydrogen-bond acceptors (Lipinski definition) is 6. The smallest absolute Gasteiger partial charge is 0.229 e. The second-order valence-corrected chi connectivity index (χ2v) is 8.00. The van der Waals surface area contributed by atoms with Crippen LogP contribution in [0.1, 0.15) is 53.4 Å². The molecular formula is C23H36O6. The number of aliphatic hydroxyl groups is 4. The van der Waals surface area contributed by atoms with E-state index in [1.807, 2.05) is 19.9 Å². The molecule has 1 aliphatic carbocycles. The monoisotopic (exact) mass is 408 g/mol. The van der Waals surface area contributed by atoms with Crippen LogP contribution in [0, 0.1) is 11.8 Å². The van der Waals surface area contributed by atoms with Crippen LogP contribution in [-0.4, -0.2) is 52.1 Å². The normalized spacial score (nSPS) is 25.4. The van der Waals surface area contributed by atoms with Gasteiger partial charge in [0.2, 0.25) is 11.5 Å². The Labute approximate surface area is 173 Å². The number of carbonyl (C=O) groups excluding carboxylic acids is 1. The van der Waals surface area contributed by atoms with Crippen molar-refractivity contribution in [2.24, 2.45) is 11.8 Å². The average Bonchev–Trinajstić information content (AvgIpc) is 2.66. The molecule has 0 aromatic rings. The van der Waals surface area contributed by atoms with Gasteiger partial charge >= 0.3 is 0 Å². The van der Waals surface area contributed by atoms with Crippen LogP contribution in [0.3, 0.4) is 0 Å². The number of Topliss-reactive ketones (excluding diaryl/α,β-unsaturated/α-hetero) is 1. The van der Waals surface area contributed by atoms with Crippen molar-refractivity contribution in [1.29, 1.82) is 0 Å². The summed E-state index contributed by atoms with van der Waals surface area (Å²) in [5, 5.41) is 39.4. The summed E-state index contributed by atoms with van der Waals surface area (Å²) in [7, 11) is 1.31. The predicted molar refractivity (Wildman–Crippen MR) is 113 cm³/mol. The molecule has 0 bridgehead atoms. The van der Waals surface area contributed by atoms with Crippen molar-refractivity contribution in [3.05, 3.63) is 46.5 Å². The van der Waals surface area contributed by atoms with Gasteiger partial charge in [-0.3, -0.25) is 4.79 Å². The summed E-state index contributed by atoms with van der Waals surface area (Å²) in [5.41, 5.74) is 2.97. The van der Waals surface area contributed by atoms with Gasteiger partial charge in [0.1, 0.15) is 11.9 Å². The Hall–Kier alpha value is -1.89. The summed E-state index contributed by atoms with van der Waals surface area (Å²) in [6, 6.07) is 0. The Kier molecular flexibility index (Phi) is 10.4. The summed E-state index contributed by atoms with van der Waals surface area (Å²) in [6.45, 7) is 7.48. The van der Waals surface area contributed by atoms with Crippen LogP contribution >= 0.6 is 0 Å². The Balaban J connectivity index is 2.60. The van der Waals surface area contributed by atoms with E-state index in [0.717, 1.165) is 29.6 Å². The molecule has 1 rings (SSSR count).